The van der Waals surface area contributed by atoms with Gasteiger partial charge in [-0.1, -0.05) is 13.8 Å². The summed E-state index contributed by atoms with van der Waals surface area (Å²) in [6.45, 7) is 3.64. The summed E-state index contributed by atoms with van der Waals surface area (Å²) in [5.74, 6) is 0.0311. The first-order valence-corrected chi connectivity index (χ1v) is 5.49. The Hall–Kier alpha value is -2.76. The van der Waals surface area contributed by atoms with E-state index < -0.39 is 4.92 Å². The minimum atomic E-state index is -0.495. The summed E-state index contributed by atoms with van der Waals surface area (Å²) in [6, 6.07) is 1.77. The van der Waals surface area contributed by atoms with Crippen LogP contribution in [0.25, 0.3) is 5.82 Å². The van der Waals surface area contributed by atoms with Gasteiger partial charge >= 0.3 is 5.69 Å². The van der Waals surface area contributed by atoms with Crippen LogP contribution in [0.2, 0.25) is 0 Å². The van der Waals surface area contributed by atoms with Crippen LogP contribution in [0, 0.1) is 21.4 Å². The summed E-state index contributed by atoms with van der Waals surface area (Å²) in [4.78, 5) is 14.5. The van der Waals surface area contributed by atoms with Gasteiger partial charge in [0.2, 0.25) is 5.82 Å². The van der Waals surface area contributed by atoms with Gasteiger partial charge in [-0.05, 0) is 0 Å². The third kappa shape index (κ3) is 2.03. The van der Waals surface area contributed by atoms with Gasteiger partial charge in [0.05, 0.1) is 4.92 Å². The van der Waals surface area contributed by atoms with E-state index in [1.54, 1.807) is 13.1 Å². The van der Waals surface area contributed by atoms with E-state index in [9.17, 15) is 10.1 Å². The fourth-order valence-corrected chi connectivity index (χ4v) is 1.76. The standard InChI is InChI=1S/C10H11N7O2/c1-6(2)8-9(17(18)19)10(15(3)14-8)16-5-12-7(4-11)13-16/h5-6H,1-3H3. The zero-order chi connectivity index (χ0) is 14.2. The van der Waals surface area contributed by atoms with E-state index in [0.717, 1.165) is 0 Å². The third-order valence-corrected chi connectivity index (χ3v) is 2.56. The predicted octanol–water partition coefficient (Wildman–Crippen LogP) is 0.904. The summed E-state index contributed by atoms with van der Waals surface area (Å²) in [7, 11) is 1.59. The van der Waals surface area contributed by atoms with Crippen molar-refractivity contribution in [3.63, 3.8) is 0 Å². The second-order valence-corrected chi connectivity index (χ2v) is 4.22. The predicted molar refractivity (Wildman–Crippen MR) is 63.6 cm³/mol. The maximum atomic E-state index is 11.2. The molecule has 2 aromatic heterocycles. The minimum Gasteiger partial charge on any atom is -0.258 e. The van der Waals surface area contributed by atoms with Gasteiger partial charge in [-0.2, -0.15) is 15.0 Å². The molecule has 0 spiro atoms. The SMILES string of the molecule is CC(C)c1nn(C)c(-n2cnc(C#N)n2)c1[N+](=O)[O-]. The third-order valence-electron chi connectivity index (χ3n) is 2.56. The lowest BCUT2D eigenvalue weighted by atomic mass is 10.1. The monoisotopic (exact) mass is 261 g/mol. The molecule has 0 saturated carbocycles. The molecule has 9 heteroatoms. The van der Waals surface area contributed by atoms with E-state index in [4.69, 9.17) is 5.26 Å². The number of rotatable bonds is 3. The Kier molecular flexibility index (Phi) is 3.00. The molecule has 2 rings (SSSR count). The zero-order valence-electron chi connectivity index (χ0n) is 10.6. The average molecular weight is 261 g/mol. The highest BCUT2D eigenvalue weighted by Gasteiger charge is 2.30. The molecule has 0 aliphatic heterocycles. The highest BCUT2D eigenvalue weighted by Crippen LogP contribution is 2.30. The van der Waals surface area contributed by atoms with Crippen LogP contribution in [-0.4, -0.2) is 29.5 Å². The number of hydrogen-bond donors (Lipinski definition) is 0. The lowest BCUT2D eigenvalue weighted by Crippen LogP contribution is -2.06. The van der Waals surface area contributed by atoms with Crippen LogP contribution in [0.5, 0.6) is 0 Å². The Morgan fingerprint density at radius 3 is 2.63 bits per heavy atom. The van der Waals surface area contributed by atoms with Crippen molar-refractivity contribution in [2.75, 3.05) is 0 Å². The molecule has 0 unspecified atom stereocenters. The van der Waals surface area contributed by atoms with Crippen LogP contribution in [0.1, 0.15) is 31.3 Å². The summed E-state index contributed by atoms with van der Waals surface area (Å²) >= 11 is 0. The molecular formula is C10H11N7O2. The van der Waals surface area contributed by atoms with Crippen LogP contribution in [0.4, 0.5) is 5.69 Å². The van der Waals surface area contributed by atoms with Crippen LogP contribution < -0.4 is 0 Å². The molecule has 0 aliphatic carbocycles. The number of aromatic nitrogens is 5. The van der Waals surface area contributed by atoms with Gasteiger partial charge in [0.25, 0.3) is 5.82 Å². The number of nitro groups is 1. The largest absolute Gasteiger partial charge is 0.336 e. The van der Waals surface area contributed by atoms with Crippen LogP contribution in [-0.2, 0) is 7.05 Å². The first-order chi connectivity index (χ1) is 8.95. The van der Waals surface area contributed by atoms with Gasteiger partial charge in [-0.25, -0.2) is 9.67 Å². The number of nitriles is 1. The molecule has 2 heterocycles. The molecule has 0 saturated heterocycles. The fourth-order valence-electron chi connectivity index (χ4n) is 1.76. The highest BCUT2D eigenvalue weighted by molar-refractivity contribution is 5.52. The Labute approximate surface area is 108 Å². The molecule has 0 atom stereocenters. The zero-order valence-corrected chi connectivity index (χ0v) is 10.6. The summed E-state index contributed by atoms with van der Waals surface area (Å²) < 4.78 is 2.55. The topological polar surface area (TPSA) is 115 Å². The van der Waals surface area contributed by atoms with Gasteiger partial charge < -0.3 is 0 Å². The average Bonchev–Trinajstić information content (AvgIpc) is 2.92. The highest BCUT2D eigenvalue weighted by atomic mass is 16.6. The number of aryl methyl sites for hydroxylation is 1. The van der Waals surface area contributed by atoms with Gasteiger partial charge in [0, 0.05) is 13.0 Å². The second-order valence-electron chi connectivity index (χ2n) is 4.22. The molecule has 0 fully saturated rings. The Balaban J connectivity index is 2.69. The van der Waals surface area contributed by atoms with Crippen molar-refractivity contribution in [2.45, 2.75) is 19.8 Å². The lowest BCUT2D eigenvalue weighted by Gasteiger charge is -2.00. The molecular weight excluding hydrogens is 250 g/mol. The normalized spacial score (nSPS) is 10.7. The number of nitrogens with zero attached hydrogens (tertiary/aromatic N) is 7. The van der Waals surface area contributed by atoms with Crippen molar-refractivity contribution in [3.8, 4) is 11.9 Å². The molecule has 2 aromatic rings. The van der Waals surface area contributed by atoms with Crippen LogP contribution in [0.15, 0.2) is 6.33 Å². The van der Waals surface area contributed by atoms with Gasteiger partial charge in [-0.3, -0.25) is 10.1 Å². The minimum absolute atomic E-state index is 0.0541. The van der Waals surface area contributed by atoms with E-state index in [0.29, 0.717) is 5.69 Å². The summed E-state index contributed by atoms with van der Waals surface area (Å²) in [5.41, 5.74) is 0.253. The first-order valence-electron chi connectivity index (χ1n) is 5.49. The molecule has 19 heavy (non-hydrogen) atoms. The van der Waals surface area contributed by atoms with E-state index in [-0.39, 0.29) is 23.2 Å². The molecule has 0 bridgehead atoms. The van der Waals surface area contributed by atoms with Crippen molar-refractivity contribution in [2.24, 2.45) is 7.05 Å². The van der Waals surface area contributed by atoms with E-state index in [2.05, 4.69) is 15.2 Å². The maximum absolute atomic E-state index is 11.2. The first kappa shape index (κ1) is 12.7. The quantitative estimate of drug-likeness (QED) is 0.598. The molecule has 0 aromatic carbocycles. The van der Waals surface area contributed by atoms with Gasteiger partial charge in [0.1, 0.15) is 18.1 Å². The molecule has 0 N–H and O–H groups in total. The molecule has 98 valence electrons. The van der Waals surface area contributed by atoms with Crippen LogP contribution in [0.3, 0.4) is 0 Å². The maximum Gasteiger partial charge on any atom is 0.336 e. The van der Waals surface area contributed by atoms with E-state index in [1.165, 1.54) is 15.7 Å². The van der Waals surface area contributed by atoms with Crippen molar-refractivity contribution in [1.82, 2.24) is 24.5 Å². The smallest absolute Gasteiger partial charge is 0.258 e. The molecule has 0 amide bonds. The summed E-state index contributed by atoms with van der Waals surface area (Å²) in [6.07, 6.45) is 1.26. The van der Waals surface area contributed by atoms with Gasteiger partial charge in [-0.15, -0.1) is 5.10 Å². The summed E-state index contributed by atoms with van der Waals surface area (Å²) in [5, 5.41) is 27.9. The fraction of sp³-hybridized carbons (Fsp3) is 0.400. The van der Waals surface area contributed by atoms with E-state index in [1.807, 2.05) is 13.8 Å². The molecule has 0 radical (unpaired) electrons. The molecule has 0 aliphatic rings. The van der Waals surface area contributed by atoms with Crippen molar-refractivity contribution >= 4 is 5.69 Å². The second kappa shape index (κ2) is 4.49. The van der Waals surface area contributed by atoms with Crippen molar-refractivity contribution < 1.29 is 4.92 Å². The van der Waals surface area contributed by atoms with Crippen molar-refractivity contribution in [3.05, 3.63) is 28.0 Å². The lowest BCUT2D eigenvalue weighted by molar-refractivity contribution is -0.385. The Morgan fingerprint density at radius 2 is 2.16 bits per heavy atom. The number of hydrogen-bond acceptors (Lipinski definition) is 6. The van der Waals surface area contributed by atoms with Crippen LogP contribution >= 0.6 is 0 Å². The Morgan fingerprint density at radius 1 is 1.47 bits per heavy atom. The Bertz CT molecular complexity index is 677. The molecule has 9 nitrogen and oxygen atoms in total. The van der Waals surface area contributed by atoms with Gasteiger partial charge in [0.15, 0.2) is 0 Å². The van der Waals surface area contributed by atoms with Crippen molar-refractivity contribution in [1.29, 1.82) is 5.26 Å². The van der Waals surface area contributed by atoms with E-state index >= 15 is 0 Å².